The molecule has 270 valence electrons. The second kappa shape index (κ2) is 14.2. The molecule has 2 heterocycles. The molecular formula is C35H29Cl2F6N3O5. The Labute approximate surface area is 297 Å². The Morgan fingerprint density at radius 1 is 0.843 bits per heavy atom. The maximum absolute atomic E-state index is 12.9. The molecule has 4 N–H and O–H groups in total. The summed E-state index contributed by atoms with van der Waals surface area (Å²) in [7, 11) is 0. The number of carboxylic acid groups (broad SMARTS) is 1. The van der Waals surface area contributed by atoms with E-state index in [9.17, 15) is 41.0 Å². The van der Waals surface area contributed by atoms with E-state index in [4.69, 9.17) is 23.2 Å². The smallest absolute Gasteiger partial charge is 0.480 e. The van der Waals surface area contributed by atoms with Crippen LogP contribution in [0.2, 0.25) is 10.0 Å². The Balaban J connectivity index is 0.000000187. The quantitative estimate of drug-likeness (QED) is 0.147. The zero-order chi connectivity index (χ0) is 36.7. The van der Waals surface area contributed by atoms with Crippen LogP contribution >= 0.6 is 23.2 Å². The molecule has 51 heavy (non-hydrogen) atoms. The van der Waals surface area contributed by atoms with Crippen molar-refractivity contribution in [3.05, 3.63) is 111 Å². The topological polar surface area (TPSA) is 109 Å². The Hall–Kier alpha value is -4.56. The molecule has 3 aromatic carbocycles. The van der Waals surface area contributed by atoms with Crippen molar-refractivity contribution in [2.75, 3.05) is 10.6 Å². The fraction of sp³-hybridized carbons (Fsp3) is 0.314. The minimum absolute atomic E-state index is 0.112. The van der Waals surface area contributed by atoms with Gasteiger partial charge in [-0.05, 0) is 72.0 Å². The Morgan fingerprint density at radius 2 is 1.55 bits per heavy atom. The molecule has 0 radical (unpaired) electrons. The van der Waals surface area contributed by atoms with Crippen LogP contribution in [0.1, 0.15) is 41.4 Å². The lowest BCUT2D eigenvalue weighted by atomic mass is 9.79. The van der Waals surface area contributed by atoms with Gasteiger partial charge >= 0.3 is 18.7 Å². The molecule has 8 nitrogen and oxygen atoms in total. The predicted octanol–water partition coefficient (Wildman–Crippen LogP) is 8.75. The van der Waals surface area contributed by atoms with Gasteiger partial charge in [0.2, 0.25) is 5.91 Å². The molecule has 16 heteroatoms. The fourth-order valence-electron chi connectivity index (χ4n) is 7.08. The van der Waals surface area contributed by atoms with E-state index in [1.807, 2.05) is 12.2 Å². The number of aliphatic carboxylic acids is 1. The van der Waals surface area contributed by atoms with E-state index in [2.05, 4.69) is 25.4 Å². The monoisotopic (exact) mass is 755 g/mol. The van der Waals surface area contributed by atoms with Gasteiger partial charge in [-0.25, -0.2) is 4.79 Å². The lowest BCUT2D eigenvalue weighted by Crippen LogP contribution is -2.47. The number of hydrogen-bond acceptors (Lipinski definition) is 6. The highest BCUT2D eigenvalue weighted by molar-refractivity contribution is 6.35. The van der Waals surface area contributed by atoms with Crippen molar-refractivity contribution in [3.8, 4) is 5.75 Å². The number of carbonyl (C=O) groups is 2. The molecule has 2 aliphatic carbocycles. The number of para-hydroxylation sites is 1. The first-order valence-electron chi connectivity index (χ1n) is 15.7. The third kappa shape index (κ3) is 8.17. The summed E-state index contributed by atoms with van der Waals surface area (Å²) >= 11 is 12.1. The van der Waals surface area contributed by atoms with Crippen LogP contribution in [0.4, 0.5) is 37.7 Å². The fourth-order valence-corrected chi connectivity index (χ4v) is 7.56. The summed E-state index contributed by atoms with van der Waals surface area (Å²) in [6, 6.07) is 14.5. The number of amides is 1. The van der Waals surface area contributed by atoms with E-state index in [-0.39, 0.29) is 42.2 Å². The first kappa shape index (κ1) is 36.2. The van der Waals surface area contributed by atoms with Gasteiger partial charge < -0.3 is 30.5 Å². The van der Waals surface area contributed by atoms with Crippen molar-refractivity contribution in [2.45, 2.75) is 56.0 Å². The molecule has 0 fully saturated rings. The average Bonchev–Trinajstić information content (AvgIpc) is 3.71. The number of carboxylic acids is 1. The highest BCUT2D eigenvalue weighted by Crippen LogP contribution is 2.50. The molecule has 0 bridgehead atoms. The third-order valence-electron chi connectivity index (χ3n) is 9.18. The number of alkyl halides is 6. The molecular weight excluding hydrogens is 727 g/mol. The van der Waals surface area contributed by atoms with Crippen molar-refractivity contribution >= 4 is 46.5 Å². The Kier molecular flexibility index (Phi) is 10.1. The number of hydrogen-bond donors (Lipinski definition) is 4. The van der Waals surface area contributed by atoms with E-state index in [0.29, 0.717) is 39.0 Å². The van der Waals surface area contributed by atoms with E-state index < -0.39 is 42.6 Å². The molecule has 0 aromatic heterocycles. The lowest BCUT2D eigenvalue weighted by Gasteiger charge is -2.36. The predicted molar refractivity (Wildman–Crippen MR) is 176 cm³/mol. The average molecular weight is 757 g/mol. The summed E-state index contributed by atoms with van der Waals surface area (Å²) in [6.45, 7) is 0.239. The van der Waals surface area contributed by atoms with Crippen molar-refractivity contribution < 1.29 is 50.5 Å². The van der Waals surface area contributed by atoms with Gasteiger partial charge in [0.25, 0.3) is 0 Å². The second-order valence-electron chi connectivity index (χ2n) is 12.3. The van der Waals surface area contributed by atoms with Gasteiger partial charge in [0, 0.05) is 51.6 Å². The minimum Gasteiger partial charge on any atom is -0.480 e. The SMILES string of the molecule is O=C(NCc1ccc(Cl)cc1Cl)C1Nc2ccc(OC(F)(F)F)cc2C2C=CCC12.O=C(O)C1Nc2ccccc2C2C(OC(F)(F)F)=CCC12. The van der Waals surface area contributed by atoms with Crippen LogP contribution in [0.15, 0.2) is 84.7 Å². The zero-order valence-corrected chi connectivity index (χ0v) is 27.7. The Morgan fingerprint density at radius 3 is 2.25 bits per heavy atom. The Bertz CT molecular complexity index is 1880. The molecule has 3 aromatic rings. The summed E-state index contributed by atoms with van der Waals surface area (Å²) < 4.78 is 83.3. The summed E-state index contributed by atoms with van der Waals surface area (Å²) in [6.07, 6.45) is -3.46. The normalized spacial score (nSPS) is 24.2. The number of ether oxygens (including phenoxy) is 2. The number of benzene rings is 3. The summed E-state index contributed by atoms with van der Waals surface area (Å²) in [4.78, 5) is 24.3. The number of nitrogens with one attached hydrogen (secondary N) is 3. The largest absolute Gasteiger partial charge is 0.573 e. The maximum Gasteiger partial charge on any atom is 0.573 e. The third-order valence-corrected chi connectivity index (χ3v) is 9.77. The summed E-state index contributed by atoms with van der Waals surface area (Å²) in [5.41, 5.74) is 3.20. The molecule has 6 atom stereocenters. The van der Waals surface area contributed by atoms with E-state index in [0.717, 1.165) is 5.56 Å². The molecule has 0 spiro atoms. The molecule has 4 aliphatic rings. The standard InChI is InChI=1S/C21H17Cl2F3N2O2.C14H12F3NO3/c22-12-5-4-11(17(23)8-12)10-27-20(29)19-15-3-1-2-14(15)16-9-13(30-21(24,25)26)6-7-18(16)28-19;15-14(16,17)21-10-6-5-8-11(10)7-3-1-2-4-9(7)18-12(8)13(19)20/h1-2,4-9,14-15,19,28H,3,10H2,(H,27,29);1-4,6,8,11-12,18H,5H2,(H,19,20). The molecule has 2 aliphatic heterocycles. The number of allylic oxidation sites excluding steroid dienone is 4. The van der Waals surface area contributed by atoms with Crippen LogP contribution in [0, 0.1) is 11.8 Å². The van der Waals surface area contributed by atoms with Crippen LogP contribution in [-0.2, 0) is 20.9 Å². The van der Waals surface area contributed by atoms with Crippen molar-refractivity contribution in [1.29, 1.82) is 0 Å². The molecule has 0 saturated heterocycles. The maximum atomic E-state index is 12.9. The lowest BCUT2D eigenvalue weighted by molar-refractivity contribution is -0.307. The van der Waals surface area contributed by atoms with E-state index >= 15 is 0 Å². The van der Waals surface area contributed by atoms with Gasteiger partial charge in [-0.15, -0.1) is 26.3 Å². The first-order chi connectivity index (χ1) is 24.1. The van der Waals surface area contributed by atoms with Crippen LogP contribution < -0.4 is 20.7 Å². The number of fused-ring (bicyclic) bond motifs is 6. The first-order valence-corrected chi connectivity index (χ1v) is 16.4. The second-order valence-corrected chi connectivity index (χ2v) is 13.1. The van der Waals surface area contributed by atoms with Gasteiger partial charge in [0.1, 0.15) is 23.6 Å². The van der Waals surface area contributed by atoms with Crippen molar-refractivity contribution in [3.63, 3.8) is 0 Å². The molecule has 7 rings (SSSR count). The van der Waals surface area contributed by atoms with Crippen LogP contribution in [-0.4, -0.2) is 41.8 Å². The minimum atomic E-state index is -4.78. The molecule has 1 amide bonds. The van der Waals surface area contributed by atoms with Gasteiger partial charge in [-0.3, -0.25) is 4.79 Å². The van der Waals surface area contributed by atoms with E-state index in [1.165, 1.54) is 24.3 Å². The highest BCUT2D eigenvalue weighted by atomic mass is 35.5. The van der Waals surface area contributed by atoms with Gasteiger partial charge in [-0.1, -0.05) is 59.6 Å². The number of rotatable bonds is 6. The van der Waals surface area contributed by atoms with Crippen LogP contribution in [0.5, 0.6) is 5.75 Å². The molecule has 6 unspecified atom stereocenters. The van der Waals surface area contributed by atoms with E-state index in [1.54, 1.807) is 42.5 Å². The molecule has 0 saturated carbocycles. The van der Waals surface area contributed by atoms with Gasteiger partial charge in [0.05, 0.1) is 0 Å². The van der Waals surface area contributed by atoms with Crippen molar-refractivity contribution in [2.24, 2.45) is 11.8 Å². The summed E-state index contributed by atoms with van der Waals surface area (Å²) in [5.74, 6) is -3.25. The summed E-state index contributed by atoms with van der Waals surface area (Å²) in [5, 5.41) is 19.2. The number of carbonyl (C=O) groups excluding carboxylic acids is 1. The number of halogens is 8. The highest BCUT2D eigenvalue weighted by Gasteiger charge is 2.48. The van der Waals surface area contributed by atoms with Crippen LogP contribution in [0.3, 0.4) is 0 Å². The number of anilines is 2. The van der Waals surface area contributed by atoms with Crippen molar-refractivity contribution in [1.82, 2.24) is 5.32 Å². The van der Waals surface area contributed by atoms with Gasteiger partial charge in [0.15, 0.2) is 0 Å². The van der Waals surface area contributed by atoms with Gasteiger partial charge in [-0.2, -0.15) is 0 Å². The zero-order valence-electron chi connectivity index (χ0n) is 26.2. The van der Waals surface area contributed by atoms with Crippen LogP contribution in [0.25, 0.3) is 0 Å².